The van der Waals surface area contributed by atoms with E-state index in [0.29, 0.717) is 12.2 Å². The van der Waals surface area contributed by atoms with E-state index in [9.17, 15) is 5.11 Å². The van der Waals surface area contributed by atoms with Crippen LogP contribution in [0.4, 0.5) is 16.4 Å². The lowest BCUT2D eigenvalue weighted by atomic mass is 10.0. The van der Waals surface area contributed by atoms with E-state index in [2.05, 4.69) is 9.69 Å². The van der Waals surface area contributed by atoms with Crippen LogP contribution in [-0.4, -0.2) is 9.48 Å². The topological polar surface area (TPSA) is 97.2 Å². The Balaban J connectivity index is 0.000000181. The predicted molar refractivity (Wildman–Crippen MR) is 128 cm³/mol. The Morgan fingerprint density at radius 2 is 1.50 bits per heavy atom. The molecule has 0 radical (unpaired) electrons. The first kappa shape index (κ1) is 19.5. The number of nitrogens with two attached hydrogens (primary N) is 2. The maximum Gasteiger partial charge on any atom is 0.144 e. The van der Waals surface area contributed by atoms with Gasteiger partial charge in [-0.25, -0.2) is 0 Å². The van der Waals surface area contributed by atoms with E-state index < -0.39 is 0 Å². The van der Waals surface area contributed by atoms with Crippen LogP contribution in [0.15, 0.2) is 84.9 Å². The van der Waals surface area contributed by atoms with Gasteiger partial charge in [0.15, 0.2) is 0 Å². The smallest absolute Gasteiger partial charge is 0.144 e. The summed E-state index contributed by atoms with van der Waals surface area (Å²) in [6, 6.07) is 27.5. The van der Waals surface area contributed by atoms with Crippen molar-refractivity contribution in [3.05, 3.63) is 90.5 Å². The monoisotopic (exact) mass is 414 g/mol. The van der Waals surface area contributed by atoms with Crippen LogP contribution < -0.4 is 16.8 Å². The molecule has 0 unspecified atom stereocenters. The van der Waals surface area contributed by atoms with E-state index in [1.807, 2.05) is 84.9 Å². The van der Waals surface area contributed by atoms with Gasteiger partial charge in [0.25, 0.3) is 0 Å². The minimum atomic E-state index is 0.159. The van der Waals surface area contributed by atoms with Crippen LogP contribution in [0, 0.1) is 0 Å². The number of para-hydroxylation sites is 1. The molecule has 1 heterocycles. The quantitative estimate of drug-likeness (QED) is 0.227. The SMILES string of the molecule is Nc1c(O)c(CNc2ccccc2)cc2ccccc12.Nc1snc2ccccc12. The summed E-state index contributed by atoms with van der Waals surface area (Å²) in [7, 11) is 0. The molecule has 30 heavy (non-hydrogen) atoms. The molecule has 0 bridgehead atoms. The molecule has 5 aromatic rings. The number of hydrogen-bond donors (Lipinski definition) is 4. The van der Waals surface area contributed by atoms with Crippen LogP contribution in [-0.2, 0) is 6.54 Å². The third-order valence-electron chi connectivity index (χ3n) is 4.81. The second-order valence-electron chi connectivity index (χ2n) is 6.80. The zero-order valence-corrected chi connectivity index (χ0v) is 17.1. The number of fused-ring (bicyclic) bond motifs is 2. The van der Waals surface area contributed by atoms with E-state index in [-0.39, 0.29) is 5.75 Å². The Bertz CT molecular complexity index is 1280. The first-order valence-electron chi connectivity index (χ1n) is 9.51. The number of benzene rings is 4. The Morgan fingerprint density at radius 3 is 2.27 bits per heavy atom. The number of hydrogen-bond acceptors (Lipinski definition) is 6. The molecule has 0 aliphatic heterocycles. The third kappa shape index (κ3) is 4.14. The van der Waals surface area contributed by atoms with Crippen molar-refractivity contribution in [2.24, 2.45) is 0 Å². The molecule has 6 heteroatoms. The third-order valence-corrected chi connectivity index (χ3v) is 5.51. The Kier molecular flexibility index (Phi) is 5.68. The molecule has 0 saturated heterocycles. The highest BCUT2D eigenvalue weighted by molar-refractivity contribution is 7.11. The number of nitrogens with zero attached hydrogens (tertiary/aromatic N) is 1. The van der Waals surface area contributed by atoms with Gasteiger partial charge in [-0.3, -0.25) is 0 Å². The lowest BCUT2D eigenvalue weighted by Gasteiger charge is -2.12. The molecule has 6 N–H and O–H groups in total. The summed E-state index contributed by atoms with van der Waals surface area (Å²) in [4.78, 5) is 0. The van der Waals surface area contributed by atoms with E-state index in [4.69, 9.17) is 11.5 Å². The van der Waals surface area contributed by atoms with Crippen LogP contribution >= 0.6 is 11.5 Å². The van der Waals surface area contributed by atoms with Crippen molar-refractivity contribution in [1.82, 2.24) is 4.37 Å². The summed E-state index contributed by atoms with van der Waals surface area (Å²) in [5, 5.41) is 17.3. The van der Waals surface area contributed by atoms with E-state index >= 15 is 0 Å². The van der Waals surface area contributed by atoms with Crippen molar-refractivity contribution in [2.75, 3.05) is 16.8 Å². The highest BCUT2D eigenvalue weighted by Gasteiger charge is 2.09. The Morgan fingerprint density at radius 1 is 0.833 bits per heavy atom. The zero-order valence-electron chi connectivity index (χ0n) is 16.2. The van der Waals surface area contributed by atoms with Crippen molar-refractivity contribution in [2.45, 2.75) is 6.54 Å². The molecule has 4 aromatic carbocycles. The van der Waals surface area contributed by atoms with Crippen molar-refractivity contribution >= 4 is 49.6 Å². The molecule has 0 amide bonds. The number of phenols is 1. The standard InChI is InChI=1S/C17H16N2O.C7H6N2S/c18-16-15-9-5-4-6-12(15)10-13(17(16)20)11-19-14-7-2-1-3-8-14;8-7-5-3-1-2-4-6(5)9-10-7/h1-10,19-20H,11,18H2;1-4H,8H2. The van der Waals surface area contributed by atoms with Crippen molar-refractivity contribution < 1.29 is 5.11 Å². The van der Waals surface area contributed by atoms with Gasteiger partial charge in [-0.1, -0.05) is 54.6 Å². The molecular formula is C24H22N4OS. The fraction of sp³-hybridized carbons (Fsp3) is 0.0417. The van der Waals surface area contributed by atoms with Crippen LogP contribution in [0.5, 0.6) is 5.75 Å². The average molecular weight is 415 g/mol. The van der Waals surface area contributed by atoms with Crippen LogP contribution in [0.2, 0.25) is 0 Å². The summed E-state index contributed by atoms with van der Waals surface area (Å²) in [6.45, 7) is 0.533. The fourth-order valence-corrected chi connectivity index (χ4v) is 3.85. The molecule has 1 aromatic heterocycles. The second-order valence-corrected chi connectivity index (χ2v) is 7.61. The number of anilines is 3. The zero-order chi connectivity index (χ0) is 20.9. The Hall–Kier alpha value is -3.77. The lowest BCUT2D eigenvalue weighted by molar-refractivity contribution is 0.472. The van der Waals surface area contributed by atoms with E-state index in [1.165, 1.54) is 11.5 Å². The van der Waals surface area contributed by atoms with Crippen LogP contribution in [0.1, 0.15) is 5.56 Å². The second kappa shape index (κ2) is 8.71. The number of phenolic OH excluding ortho intramolecular Hbond substituents is 1. The summed E-state index contributed by atoms with van der Waals surface area (Å²) in [6.07, 6.45) is 0. The molecule has 0 spiro atoms. The number of nitrogens with one attached hydrogen (secondary N) is 1. The minimum Gasteiger partial charge on any atom is -0.505 e. The van der Waals surface area contributed by atoms with Gasteiger partial charge in [0.1, 0.15) is 10.8 Å². The fourth-order valence-electron chi connectivity index (χ4n) is 3.22. The summed E-state index contributed by atoms with van der Waals surface area (Å²) < 4.78 is 4.13. The maximum atomic E-state index is 10.2. The highest BCUT2D eigenvalue weighted by Crippen LogP contribution is 2.33. The largest absolute Gasteiger partial charge is 0.505 e. The van der Waals surface area contributed by atoms with Crippen LogP contribution in [0.25, 0.3) is 21.7 Å². The molecule has 0 aliphatic rings. The normalized spacial score (nSPS) is 10.5. The van der Waals surface area contributed by atoms with Crippen molar-refractivity contribution in [3.63, 3.8) is 0 Å². The number of rotatable bonds is 3. The van der Waals surface area contributed by atoms with Gasteiger partial charge in [0.2, 0.25) is 0 Å². The molecular weight excluding hydrogens is 392 g/mol. The van der Waals surface area contributed by atoms with Gasteiger partial charge < -0.3 is 21.9 Å². The average Bonchev–Trinajstić information content (AvgIpc) is 3.17. The highest BCUT2D eigenvalue weighted by atomic mass is 32.1. The minimum absolute atomic E-state index is 0.159. The van der Waals surface area contributed by atoms with Gasteiger partial charge >= 0.3 is 0 Å². The first-order valence-corrected chi connectivity index (χ1v) is 10.3. The molecule has 0 atom stereocenters. The summed E-state index contributed by atoms with van der Waals surface area (Å²) in [5.74, 6) is 0.159. The van der Waals surface area contributed by atoms with Gasteiger partial charge in [-0.15, -0.1) is 0 Å². The molecule has 5 nitrogen and oxygen atoms in total. The predicted octanol–water partition coefficient (Wildman–Crippen LogP) is 5.62. The summed E-state index contributed by atoms with van der Waals surface area (Å²) in [5.41, 5.74) is 14.9. The number of aromatic nitrogens is 1. The maximum absolute atomic E-state index is 10.2. The van der Waals surface area contributed by atoms with Gasteiger partial charge in [0, 0.05) is 28.6 Å². The summed E-state index contributed by atoms with van der Waals surface area (Å²) >= 11 is 1.35. The van der Waals surface area contributed by atoms with Crippen molar-refractivity contribution in [1.29, 1.82) is 0 Å². The van der Waals surface area contributed by atoms with Crippen LogP contribution in [0.3, 0.4) is 0 Å². The lowest BCUT2D eigenvalue weighted by Crippen LogP contribution is -2.01. The Labute approximate surface area is 178 Å². The molecule has 0 aliphatic carbocycles. The van der Waals surface area contributed by atoms with E-state index in [1.54, 1.807) is 0 Å². The van der Waals surface area contributed by atoms with Crippen molar-refractivity contribution in [3.8, 4) is 5.75 Å². The van der Waals surface area contributed by atoms with Gasteiger partial charge in [0.05, 0.1) is 11.2 Å². The van der Waals surface area contributed by atoms with Gasteiger partial charge in [-0.2, -0.15) is 4.37 Å². The first-order chi connectivity index (χ1) is 14.6. The molecule has 0 saturated carbocycles. The molecule has 5 rings (SSSR count). The van der Waals surface area contributed by atoms with E-state index in [0.717, 1.165) is 37.9 Å². The molecule has 0 fully saturated rings. The number of nitrogen functional groups attached to an aromatic ring is 2. The van der Waals surface area contributed by atoms with Gasteiger partial charge in [-0.05, 0) is 47.3 Å². The number of aromatic hydroxyl groups is 1. The molecule has 150 valence electrons.